The summed E-state index contributed by atoms with van der Waals surface area (Å²) in [6.07, 6.45) is 1.80. The molecule has 4 rings (SSSR count). The number of amides is 4. The topological polar surface area (TPSA) is 92.7 Å². The van der Waals surface area contributed by atoms with Crippen LogP contribution in [0.3, 0.4) is 0 Å². The third-order valence-corrected chi connectivity index (χ3v) is 5.19. The number of para-hydroxylation sites is 1. The Kier molecular flexibility index (Phi) is 5.14. The Balaban J connectivity index is 1.41. The minimum Gasteiger partial charge on any atom is -0.496 e. The summed E-state index contributed by atoms with van der Waals surface area (Å²) in [6, 6.07) is 13.4. The minimum absolute atomic E-state index is 0.0803. The van der Waals surface area contributed by atoms with Crippen molar-refractivity contribution in [3.05, 3.63) is 60.3 Å². The van der Waals surface area contributed by atoms with E-state index < -0.39 is 18.0 Å². The van der Waals surface area contributed by atoms with Gasteiger partial charge in [-0.3, -0.25) is 14.5 Å². The van der Waals surface area contributed by atoms with Crippen molar-refractivity contribution in [1.29, 1.82) is 0 Å². The summed E-state index contributed by atoms with van der Waals surface area (Å²) in [6.45, 7) is 0.0803. The van der Waals surface area contributed by atoms with Crippen molar-refractivity contribution in [2.24, 2.45) is 7.05 Å². The lowest BCUT2D eigenvalue weighted by Gasteiger charge is -2.15. The number of methoxy groups -OCH3 is 1. The molecule has 1 atom stereocenters. The molecule has 1 saturated heterocycles. The molecule has 8 heteroatoms. The lowest BCUT2D eigenvalue weighted by molar-refractivity contribution is -0.130. The quantitative estimate of drug-likeness (QED) is 0.616. The molecule has 0 aliphatic carbocycles. The monoisotopic (exact) mass is 406 g/mol. The van der Waals surface area contributed by atoms with Gasteiger partial charge < -0.3 is 19.9 Å². The Morgan fingerprint density at radius 1 is 1.17 bits per heavy atom. The Labute approximate surface area is 173 Å². The normalized spacial score (nSPS) is 16.1. The van der Waals surface area contributed by atoms with E-state index in [-0.39, 0.29) is 18.9 Å². The maximum absolute atomic E-state index is 12.7. The first kappa shape index (κ1) is 19.5. The molecule has 3 aromatic rings. The van der Waals surface area contributed by atoms with Gasteiger partial charge in [-0.25, -0.2) is 4.79 Å². The van der Waals surface area contributed by atoms with Gasteiger partial charge in [0.15, 0.2) is 0 Å². The summed E-state index contributed by atoms with van der Waals surface area (Å²) in [4.78, 5) is 38.6. The van der Waals surface area contributed by atoms with Crippen LogP contribution in [0.15, 0.2) is 54.7 Å². The Morgan fingerprint density at radius 3 is 2.77 bits per heavy atom. The molecule has 0 radical (unpaired) electrons. The van der Waals surface area contributed by atoms with Gasteiger partial charge >= 0.3 is 6.03 Å². The number of anilines is 1. The maximum atomic E-state index is 12.7. The largest absolute Gasteiger partial charge is 0.496 e. The minimum atomic E-state index is -0.897. The van der Waals surface area contributed by atoms with Crippen LogP contribution in [-0.2, 0) is 23.2 Å². The fourth-order valence-electron chi connectivity index (χ4n) is 3.61. The molecule has 1 aromatic heterocycles. The van der Waals surface area contributed by atoms with Crippen molar-refractivity contribution in [3.63, 3.8) is 0 Å². The van der Waals surface area contributed by atoms with E-state index in [4.69, 9.17) is 4.74 Å². The van der Waals surface area contributed by atoms with Gasteiger partial charge in [0, 0.05) is 30.0 Å². The highest BCUT2D eigenvalue weighted by atomic mass is 16.5. The molecule has 1 aliphatic rings. The number of hydrogen-bond donors (Lipinski definition) is 2. The van der Waals surface area contributed by atoms with Gasteiger partial charge in [0.1, 0.15) is 11.8 Å². The second kappa shape index (κ2) is 7.90. The number of fused-ring (bicyclic) bond motifs is 1. The van der Waals surface area contributed by atoms with E-state index >= 15 is 0 Å². The van der Waals surface area contributed by atoms with Gasteiger partial charge in [0.2, 0.25) is 5.91 Å². The number of hydrogen-bond acceptors (Lipinski definition) is 4. The van der Waals surface area contributed by atoms with E-state index in [0.717, 1.165) is 15.8 Å². The second-order valence-corrected chi connectivity index (χ2v) is 7.19. The Bertz CT molecular complexity index is 1140. The lowest BCUT2D eigenvalue weighted by Crippen LogP contribution is -2.34. The maximum Gasteiger partial charge on any atom is 0.325 e. The van der Waals surface area contributed by atoms with Gasteiger partial charge in [0.05, 0.1) is 20.1 Å². The SMILES string of the molecule is COc1ccccc1CN1C(=O)N[C@H](CC(=O)Nc2ccc3ccn(C)c3c2)C1=O. The molecule has 0 saturated carbocycles. The molecule has 2 heterocycles. The van der Waals surface area contributed by atoms with Crippen molar-refractivity contribution in [2.45, 2.75) is 19.0 Å². The predicted molar refractivity (Wildman–Crippen MR) is 112 cm³/mol. The zero-order valence-corrected chi connectivity index (χ0v) is 16.7. The molecule has 0 unspecified atom stereocenters. The number of aryl methyl sites for hydroxylation is 1. The summed E-state index contributed by atoms with van der Waals surface area (Å²) in [5.41, 5.74) is 2.34. The number of benzene rings is 2. The average Bonchev–Trinajstić information content (AvgIpc) is 3.22. The molecule has 2 N–H and O–H groups in total. The predicted octanol–water partition coefficient (Wildman–Crippen LogP) is 2.64. The molecule has 0 bridgehead atoms. The third-order valence-electron chi connectivity index (χ3n) is 5.19. The van der Waals surface area contributed by atoms with Crippen LogP contribution in [0.5, 0.6) is 5.75 Å². The highest BCUT2D eigenvalue weighted by molar-refractivity contribution is 6.07. The number of nitrogens with zero attached hydrogens (tertiary/aromatic N) is 2. The fourth-order valence-corrected chi connectivity index (χ4v) is 3.61. The van der Waals surface area contributed by atoms with E-state index in [2.05, 4.69) is 10.6 Å². The highest BCUT2D eigenvalue weighted by Crippen LogP contribution is 2.23. The van der Waals surface area contributed by atoms with Crippen LogP contribution >= 0.6 is 0 Å². The van der Waals surface area contributed by atoms with Gasteiger partial charge in [0.25, 0.3) is 5.91 Å². The number of carbonyl (C=O) groups excluding carboxylic acids is 3. The third kappa shape index (κ3) is 3.71. The molecule has 2 aromatic carbocycles. The number of imide groups is 1. The van der Waals surface area contributed by atoms with Crippen molar-refractivity contribution < 1.29 is 19.1 Å². The first-order valence-corrected chi connectivity index (χ1v) is 9.55. The van der Waals surface area contributed by atoms with Crippen LogP contribution in [-0.4, -0.2) is 40.5 Å². The standard InChI is InChI=1S/C22H22N4O4/c1-25-10-9-14-7-8-16(11-18(14)25)23-20(27)12-17-21(28)26(22(29)24-17)13-15-5-3-4-6-19(15)30-2/h3-11,17H,12-13H2,1-2H3,(H,23,27)(H,24,29)/t17-/m1/s1. The van der Waals surface area contributed by atoms with E-state index in [0.29, 0.717) is 17.0 Å². The lowest BCUT2D eigenvalue weighted by atomic mass is 10.1. The summed E-state index contributed by atoms with van der Waals surface area (Å²) < 4.78 is 7.24. The van der Waals surface area contributed by atoms with Crippen LogP contribution in [0.2, 0.25) is 0 Å². The summed E-state index contributed by atoms with van der Waals surface area (Å²) in [5, 5.41) is 6.47. The van der Waals surface area contributed by atoms with Crippen molar-refractivity contribution in [1.82, 2.24) is 14.8 Å². The average molecular weight is 406 g/mol. The number of carbonyl (C=O) groups is 3. The number of rotatable bonds is 6. The van der Waals surface area contributed by atoms with E-state index in [9.17, 15) is 14.4 Å². The van der Waals surface area contributed by atoms with Crippen LogP contribution in [0.4, 0.5) is 10.5 Å². The molecule has 0 spiro atoms. The highest BCUT2D eigenvalue weighted by Gasteiger charge is 2.39. The van der Waals surface area contributed by atoms with E-state index in [1.54, 1.807) is 12.1 Å². The van der Waals surface area contributed by atoms with Gasteiger partial charge in [-0.1, -0.05) is 24.3 Å². The fraction of sp³-hybridized carbons (Fsp3) is 0.227. The Hall–Kier alpha value is -3.81. The number of ether oxygens (including phenoxy) is 1. The molecule has 8 nitrogen and oxygen atoms in total. The zero-order valence-electron chi connectivity index (χ0n) is 16.7. The molecular formula is C22H22N4O4. The summed E-state index contributed by atoms with van der Waals surface area (Å²) >= 11 is 0. The smallest absolute Gasteiger partial charge is 0.325 e. The van der Waals surface area contributed by atoms with Gasteiger partial charge in [-0.15, -0.1) is 0 Å². The van der Waals surface area contributed by atoms with E-state index in [1.807, 2.05) is 54.2 Å². The number of urea groups is 1. The molecular weight excluding hydrogens is 384 g/mol. The van der Waals surface area contributed by atoms with Gasteiger partial charge in [-0.2, -0.15) is 0 Å². The second-order valence-electron chi connectivity index (χ2n) is 7.19. The first-order valence-electron chi connectivity index (χ1n) is 9.55. The Morgan fingerprint density at radius 2 is 1.97 bits per heavy atom. The molecule has 4 amide bonds. The molecule has 154 valence electrons. The summed E-state index contributed by atoms with van der Waals surface area (Å²) in [5.74, 6) is -0.185. The van der Waals surface area contributed by atoms with Crippen LogP contribution in [0, 0.1) is 0 Å². The first-order chi connectivity index (χ1) is 14.5. The van der Waals surface area contributed by atoms with Gasteiger partial charge in [-0.05, 0) is 29.7 Å². The number of nitrogens with one attached hydrogen (secondary N) is 2. The van der Waals surface area contributed by atoms with Crippen molar-refractivity contribution >= 4 is 34.4 Å². The van der Waals surface area contributed by atoms with Crippen molar-refractivity contribution in [3.8, 4) is 5.75 Å². The van der Waals surface area contributed by atoms with E-state index in [1.165, 1.54) is 7.11 Å². The van der Waals surface area contributed by atoms with Crippen LogP contribution < -0.4 is 15.4 Å². The van der Waals surface area contributed by atoms with Crippen LogP contribution in [0.1, 0.15) is 12.0 Å². The summed E-state index contributed by atoms with van der Waals surface area (Å²) in [7, 11) is 3.46. The van der Waals surface area contributed by atoms with Crippen LogP contribution in [0.25, 0.3) is 10.9 Å². The zero-order chi connectivity index (χ0) is 21.3. The molecule has 30 heavy (non-hydrogen) atoms. The molecule has 1 fully saturated rings. The number of aromatic nitrogens is 1. The van der Waals surface area contributed by atoms with Crippen molar-refractivity contribution in [2.75, 3.05) is 12.4 Å². The molecule has 1 aliphatic heterocycles.